The van der Waals surface area contributed by atoms with Crippen molar-refractivity contribution in [2.75, 3.05) is 12.4 Å². The van der Waals surface area contributed by atoms with E-state index in [1.165, 1.54) is 0 Å². The van der Waals surface area contributed by atoms with Crippen LogP contribution >= 0.6 is 0 Å². The minimum Gasteiger partial charge on any atom is -0.497 e. The molecule has 3 aromatic rings. The highest BCUT2D eigenvalue weighted by atomic mass is 19.3. The largest absolute Gasteiger partial charge is 0.497 e. The van der Waals surface area contributed by atoms with Crippen molar-refractivity contribution in [3.63, 3.8) is 0 Å². The van der Waals surface area contributed by atoms with E-state index in [4.69, 9.17) is 4.74 Å². The summed E-state index contributed by atoms with van der Waals surface area (Å²) in [6.07, 6.45) is -0.440. The normalized spacial score (nSPS) is 11.3. The Balaban J connectivity index is 1.66. The summed E-state index contributed by atoms with van der Waals surface area (Å²) >= 11 is 0. The number of methoxy groups -OCH3 is 1. The average Bonchev–Trinajstić information content (AvgIpc) is 2.66. The Kier molecular flexibility index (Phi) is 5.16. The molecule has 0 aromatic heterocycles. The summed E-state index contributed by atoms with van der Waals surface area (Å²) in [6.45, 7) is 0. The highest BCUT2D eigenvalue weighted by Crippen LogP contribution is 2.26. The van der Waals surface area contributed by atoms with Crippen LogP contribution in [0.1, 0.15) is 12.0 Å². The molecular formula is C21H19F2NO2. The first kappa shape index (κ1) is 17.9. The minimum absolute atomic E-state index is 0.108. The monoisotopic (exact) mass is 355 g/mol. The van der Waals surface area contributed by atoms with Crippen LogP contribution in [0.25, 0.3) is 10.8 Å². The first-order valence-corrected chi connectivity index (χ1v) is 8.29. The van der Waals surface area contributed by atoms with Crippen molar-refractivity contribution >= 4 is 22.4 Å². The number of carbonyl (C=O) groups is 1. The maximum atomic E-state index is 14.2. The SMILES string of the molecule is COc1ccc2cc(CCC(F)(F)C(=O)Nc3ccccc3)ccc2c1. The Hall–Kier alpha value is -2.95. The highest BCUT2D eigenvalue weighted by Gasteiger charge is 2.38. The van der Waals surface area contributed by atoms with Crippen LogP contribution in [0.5, 0.6) is 5.75 Å². The molecule has 3 aromatic carbocycles. The van der Waals surface area contributed by atoms with Gasteiger partial charge in [0.05, 0.1) is 7.11 Å². The number of anilines is 1. The van der Waals surface area contributed by atoms with E-state index in [2.05, 4.69) is 5.32 Å². The standard InChI is InChI=1S/C21H19F2NO2/c1-26-19-10-9-16-13-15(7-8-17(16)14-19)11-12-21(22,23)20(25)24-18-5-3-2-4-6-18/h2-10,13-14H,11-12H2,1H3,(H,24,25). The van der Waals surface area contributed by atoms with Gasteiger partial charge in [0.15, 0.2) is 0 Å². The lowest BCUT2D eigenvalue weighted by atomic mass is 10.0. The zero-order chi connectivity index (χ0) is 18.6. The summed E-state index contributed by atoms with van der Waals surface area (Å²) < 4.78 is 33.5. The van der Waals surface area contributed by atoms with Crippen molar-refractivity contribution in [3.05, 3.63) is 72.3 Å². The number of aryl methyl sites for hydroxylation is 1. The number of hydrogen-bond acceptors (Lipinski definition) is 2. The predicted octanol–water partition coefficient (Wildman–Crippen LogP) is 5.06. The van der Waals surface area contributed by atoms with Crippen LogP contribution in [-0.2, 0) is 11.2 Å². The summed E-state index contributed by atoms with van der Waals surface area (Å²) in [7, 11) is 1.60. The molecule has 0 radical (unpaired) electrons. The molecule has 1 N–H and O–H groups in total. The Morgan fingerprint density at radius 2 is 1.69 bits per heavy atom. The van der Waals surface area contributed by atoms with Gasteiger partial charge >= 0.3 is 5.92 Å². The van der Waals surface area contributed by atoms with Crippen molar-refractivity contribution in [2.24, 2.45) is 0 Å². The fourth-order valence-electron chi connectivity index (χ4n) is 2.71. The first-order valence-electron chi connectivity index (χ1n) is 8.29. The number of ether oxygens (including phenoxy) is 1. The Labute approximate surface area is 150 Å². The van der Waals surface area contributed by atoms with Gasteiger partial charge in [-0.05, 0) is 47.0 Å². The number of halogens is 2. The van der Waals surface area contributed by atoms with Gasteiger partial charge in [0.1, 0.15) is 5.75 Å². The molecule has 3 nitrogen and oxygen atoms in total. The van der Waals surface area contributed by atoms with Gasteiger partial charge in [-0.3, -0.25) is 4.79 Å². The fourth-order valence-corrected chi connectivity index (χ4v) is 2.71. The Morgan fingerprint density at radius 3 is 2.42 bits per heavy atom. The number of benzene rings is 3. The lowest BCUT2D eigenvalue weighted by molar-refractivity contribution is -0.140. The van der Waals surface area contributed by atoms with Gasteiger partial charge in [-0.1, -0.05) is 42.5 Å². The molecule has 0 heterocycles. The van der Waals surface area contributed by atoms with E-state index in [1.54, 1.807) is 43.5 Å². The Bertz CT molecular complexity index is 910. The van der Waals surface area contributed by atoms with E-state index in [-0.39, 0.29) is 6.42 Å². The summed E-state index contributed by atoms with van der Waals surface area (Å²) in [5.41, 5.74) is 1.12. The third kappa shape index (κ3) is 4.17. The third-order valence-corrected chi connectivity index (χ3v) is 4.20. The zero-order valence-corrected chi connectivity index (χ0v) is 14.3. The summed E-state index contributed by atoms with van der Waals surface area (Å²) in [5, 5.41) is 4.18. The number of fused-ring (bicyclic) bond motifs is 1. The van der Waals surface area contributed by atoms with Crippen molar-refractivity contribution in [1.29, 1.82) is 0 Å². The van der Waals surface area contributed by atoms with Gasteiger partial charge in [0, 0.05) is 12.1 Å². The number of para-hydroxylation sites is 1. The number of rotatable bonds is 6. The quantitative estimate of drug-likeness (QED) is 0.671. The van der Waals surface area contributed by atoms with Crippen LogP contribution in [0, 0.1) is 0 Å². The van der Waals surface area contributed by atoms with Crippen LogP contribution in [0.4, 0.5) is 14.5 Å². The second-order valence-corrected chi connectivity index (χ2v) is 6.07. The maximum Gasteiger partial charge on any atom is 0.325 e. The second-order valence-electron chi connectivity index (χ2n) is 6.07. The van der Waals surface area contributed by atoms with Crippen LogP contribution < -0.4 is 10.1 Å². The first-order chi connectivity index (χ1) is 12.5. The molecule has 0 aliphatic carbocycles. The van der Waals surface area contributed by atoms with Gasteiger partial charge in [0.25, 0.3) is 5.91 Å². The molecule has 0 aliphatic rings. The molecule has 0 spiro atoms. The van der Waals surface area contributed by atoms with Crippen LogP contribution in [0.3, 0.4) is 0 Å². The molecule has 5 heteroatoms. The number of amides is 1. The van der Waals surface area contributed by atoms with E-state index in [9.17, 15) is 13.6 Å². The van der Waals surface area contributed by atoms with Crippen LogP contribution in [0.15, 0.2) is 66.7 Å². The topological polar surface area (TPSA) is 38.3 Å². The van der Waals surface area contributed by atoms with E-state index >= 15 is 0 Å². The maximum absolute atomic E-state index is 14.2. The molecule has 0 saturated heterocycles. The van der Waals surface area contributed by atoms with E-state index < -0.39 is 18.3 Å². The van der Waals surface area contributed by atoms with Gasteiger partial charge in [-0.25, -0.2) is 0 Å². The molecule has 134 valence electrons. The van der Waals surface area contributed by atoms with Crippen molar-refractivity contribution in [2.45, 2.75) is 18.8 Å². The van der Waals surface area contributed by atoms with E-state index in [0.29, 0.717) is 5.69 Å². The van der Waals surface area contributed by atoms with Crippen molar-refractivity contribution in [3.8, 4) is 5.75 Å². The molecule has 3 rings (SSSR count). The Morgan fingerprint density at radius 1 is 1.00 bits per heavy atom. The minimum atomic E-state index is -3.44. The average molecular weight is 355 g/mol. The summed E-state index contributed by atoms with van der Waals surface area (Å²) in [4.78, 5) is 11.9. The molecule has 1 amide bonds. The van der Waals surface area contributed by atoms with Gasteiger partial charge in [-0.2, -0.15) is 8.78 Å². The summed E-state index contributed by atoms with van der Waals surface area (Å²) in [5.74, 6) is -3.98. The molecule has 0 saturated carbocycles. The molecule has 26 heavy (non-hydrogen) atoms. The second kappa shape index (κ2) is 7.52. The summed E-state index contributed by atoms with van der Waals surface area (Å²) in [6, 6.07) is 19.4. The third-order valence-electron chi connectivity index (χ3n) is 4.20. The van der Waals surface area contributed by atoms with E-state index in [1.807, 2.05) is 30.3 Å². The zero-order valence-electron chi connectivity index (χ0n) is 14.3. The highest BCUT2D eigenvalue weighted by molar-refractivity contribution is 5.96. The van der Waals surface area contributed by atoms with Gasteiger partial charge in [-0.15, -0.1) is 0 Å². The van der Waals surface area contributed by atoms with E-state index in [0.717, 1.165) is 22.1 Å². The molecule has 0 bridgehead atoms. The molecule has 0 fully saturated rings. The van der Waals surface area contributed by atoms with Crippen LogP contribution in [0.2, 0.25) is 0 Å². The number of carbonyl (C=O) groups excluding carboxylic acids is 1. The smallest absolute Gasteiger partial charge is 0.325 e. The molecule has 0 unspecified atom stereocenters. The van der Waals surface area contributed by atoms with Gasteiger partial charge < -0.3 is 10.1 Å². The molecule has 0 aliphatic heterocycles. The van der Waals surface area contributed by atoms with Crippen molar-refractivity contribution in [1.82, 2.24) is 0 Å². The lowest BCUT2D eigenvalue weighted by Gasteiger charge is -2.16. The fraction of sp³-hybridized carbons (Fsp3) is 0.190. The lowest BCUT2D eigenvalue weighted by Crippen LogP contribution is -2.35. The molecular weight excluding hydrogens is 336 g/mol. The number of alkyl halides is 2. The number of hydrogen-bond donors (Lipinski definition) is 1. The van der Waals surface area contributed by atoms with Gasteiger partial charge in [0.2, 0.25) is 0 Å². The van der Waals surface area contributed by atoms with Crippen LogP contribution in [-0.4, -0.2) is 18.9 Å². The molecule has 0 atom stereocenters. The number of nitrogens with one attached hydrogen (secondary N) is 1. The predicted molar refractivity (Wildman–Crippen MR) is 98.8 cm³/mol. The van der Waals surface area contributed by atoms with Crippen molar-refractivity contribution < 1.29 is 18.3 Å².